The van der Waals surface area contributed by atoms with Crippen LogP contribution in [0.4, 0.5) is 11.4 Å². The van der Waals surface area contributed by atoms with Crippen LogP contribution in [-0.4, -0.2) is 8.42 Å². The van der Waals surface area contributed by atoms with E-state index < -0.39 is 10.0 Å². The maximum absolute atomic E-state index is 12.4. The van der Waals surface area contributed by atoms with E-state index in [1.165, 1.54) is 17.0 Å². The lowest BCUT2D eigenvalue weighted by Crippen LogP contribution is -2.35. The summed E-state index contributed by atoms with van der Waals surface area (Å²) in [6, 6.07) is 20.3. The zero-order valence-corrected chi connectivity index (χ0v) is 17.8. The zero-order valence-electron chi connectivity index (χ0n) is 14.6. The van der Waals surface area contributed by atoms with Crippen molar-refractivity contribution >= 4 is 54.8 Å². The molecule has 0 amide bonds. The Balaban J connectivity index is 1.48. The van der Waals surface area contributed by atoms with Gasteiger partial charge in [0.05, 0.1) is 16.3 Å². The summed E-state index contributed by atoms with van der Waals surface area (Å²) in [5.41, 5.74) is 5.94. The zero-order chi connectivity index (χ0) is 19.7. The Hall–Kier alpha value is -2.26. The summed E-state index contributed by atoms with van der Waals surface area (Å²) >= 11 is 4.98. The van der Waals surface area contributed by atoms with E-state index in [0.717, 1.165) is 26.3 Å². The minimum Gasteiger partial charge on any atom is -0.354 e. The first-order valence-electron chi connectivity index (χ1n) is 8.33. The van der Waals surface area contributed by atoms with E-state index in [1.54, 1.807) is 23.9 Å². The maximum atomic E-state index is 12.4. The number of hydrazine groups is 1. The lowest BCUT2D eigenvalue weighted by atomic mass is 10.1. The SMILES string of the molecule is C=C(NNS(=O)(=O)c1ccc(Br)cc1)c1ccc2c(c1)Nc1ccccc1S2. The summed E-state index contributed by atoms with van der Waals surface area (Å²) in [6.45, 7) is 3.95. The predicted molar refractivity (Wildman–Crippen MR) is 117 cm³/mol. The third-order valence-corrected chi connectivity index (χ3v) is 7.11. The molecule has 1 aliphatic heterocycles. The van der Waals surface area contributed by atoms with E-state index in [-0.39, 0.29) is 4.90 Å². The fourth-order valence-electron chi connectivity index (χ4n) is 2.70. The lowest BCUT2D eigenvalue weighted by molar-refractivity contribution is 0.576. The van der Waals surface area contributed by atoms with Crippen LogP contribution in [0.15, 0.2) is 92.5 Å². The molecular formula is C20H16BrN3O2S2. The molecule has 0 unspecified atom stereocenters. The number of sulfonamides is 1. The Morgan fingerprint density at radius 2 is 1.68 bits per heavy atom. The first-order valence-corrected chi connectivity index (χ1v) is 11.4. The number of benzene rings is 3. The van der Waals surface area contributed by atoms with Crippen molar-refractivity contribution in [3.05, 3.63) is 83.3 Å². The highest BCUT2D eigenvalue weighted by Gasteiger charge is 2.17. The molecule has 0 atom stereocenters. The summed E-state index contributed by atoms with van der Waals surface area (Å²) in [6.07, 6.45) is 0. The smallest absolute Gasteiger partial charge is 0.257 e. The molecule has 4 rings (SSSR count). The minimum atomic E-state index is -3.70. The van der Waals surface area contributed by atoms with Crippen molar-refractivity contribution in [2.24, 2.45) is 0 Å². The molecular weight excluding hydrogens is 458 g/mol. The molecule has 5 nitrogen and oxygen atoms in total. The summed E-state index contributed by atoms with van der Waals surface area (Å²) in [4.78, 5) is 4.80. The Labute approximate surface area is 176 Å². The van der Waals surface area contributed by atoms with Crippen LogP contribution in [0.1, 0.15) is 5.56 Å². The highest BCUT2D eigenvalue weighted by molar-refractivity contribution is 9.10. The van der Waals surface area contributed by atoms with Crippen molar-refractivity contribution in [3.63, 3.8) is 0 Å². The largest absolute Gasteiger partial charge is 0.354 e. The van der Waals surface area contributed by atoms with Gasteiger partial charge in [0.1, 0.15) is 0 Å². The molecule has 0 fully saturated rings. The number of hydrogen-bond acceptors (Lipinski definition) is 5. The standard InChI is InChI=1S/C20H16BrN3O2S2/c1-13(23-24-28(25,26)16-9-7-15(21)8-10-16)14-6-11-20-18(12-14)22-17-4-2-3-5-19(17)27-20/h2-12,22-24H,1H2. The molecule has 3 N–H and O–H groups in total. The molecule has 3 aromatic carbocycles. The first-order chi connectivity index (χ1) is 13.4. The average molecular weight is 474 g/mol. The van der Waals surface area contributed by atoms with Gasteiger partial charge in [-0.2, -0.15) is 0 Å². The van der Waals surface area contributed by atoms with E-state index in [1.807, 2.05) is 36.4 Å². The molecule has 0 radical (unpaired) electrons. The lowest BCUT2D eigenvalue weighted by Gasteiger charge is -2.21. The monoisotopic (exact) mass is 473 g/mol. The van der Waals surface area contributed by atoms with Gasteiger partial charge in [-0.25, -0.2) is 8.42 Å². The normalized spacial score (nSPS) is 12.5. The number of rotatable bonds is 5. The Morgan fingerprint density at radius 3 is 2.46 bits per heavy atom. The van der Waals surface area contributed by atoms with Crippen LogP contribution in [0.2, 0.25) is 0 Å². The van der Waals surface area contributed by atoms with E-state index in [9.17, 15) is 8.42 Å². The number of hydrogen-bond donors (Lipinski definition) is 3. The molecule has 0 aromatic heterocycles. The van der Waals surface area contributed by atoms with Gasteiger partial charge in [0.25, 0.3) is 10.0 Å². The molecule has 28 heavy (non-hydrogen) atoms. The van der Waals surface area contributed by atoms with Crippen molar-refractivity contribution < 1.29 is 8.42 Å². The van der Waals surface area contributed by atoms with E-state index in [2.05, 4.69) is 44.1 Å². The summed E-state index contributed by atoms with van der Waals surface area (Å²) in [7, 11) is -3.70. The minimum absolute atomic E-state index is 0.163. The Morgan fingerprint density at radius 1 is 0.964 bits per heavy atom. The highest BCUT2D eigenvalue weighted by Crippen LogP contribution is 2.44. The van der Waals surface area contributed by atoms with Crippen molar-refractivity contribution in [2.45, 2.75) is 14.7 Å². The summed E-state index contributed by atoms with van der Waals surface area (Å²) < 4.78 is 25.6. The summed E-state index contributed by atoms with van der Waals surface area (Å²) in [5, 5.41) is 3.41. The molecule has 1 heterocycles. The number of para-hydroxylation sites is 1. The number of nitrogens with one attached hydrogen (secondary N) is 3. The van der Waals surface area contributed by atoms with E-state index >= 15 is 0 Å². The van der Waals surface area contributed by atoms with E-state index in [0.29, 0.717) is 5.70 Å². The quantitative estimate of drug-likeness (QED) is 0.351. The van der Waals surface area contributed by atoms with Crippen molar-refractivity contribution in [1.29, 1.82) is 0 Å². The molecule has 0 saturated heterocycles. The van der Waals surface area contributed by atoms with Gasteiger partial charge in [-0.3, -0.25) is 0 Å². The maximum Gasteiger partial charge on any atom is 0.257 e. The van der Waals surface area contributed by atoms with Gasteiger partial charge in [-0.1, -0.05) is 52.5 Å². The molecule has 0 spiro atoms. The van der Waals surface area contributed by atoms with Gasteiger partial charge >= 0.3 is 0 Å². The van der Waals surface area contributed by atoms with Gasteiger partial charge in [0.15, 0.2) is 0 Å². The van der Waals surface area contributed by atoms with Gasteiger partial charge in [0.2, 0.25) is 0 Å². The molecule has 0 bridgehead atoms. The second-order valence-electron chi connectivity index (χ2n) is 6.10. The van der Waals surface area contributed by atoms with Gasteiger partial charge < -0.3 is 10.7 Å². The molecule has 1 aliphatic rings. The molecule has 142 valence electrons. The van der Waals surface area contributed by atoms with Crippen molar-refractivity contribution in [3.8, 4) is 0 Å². The first kappa shape index (κ1) is 19.1. The molecule has 3 aromatic rings. The summed E-state index contributed by atoms with van der Waals surface area (Å²) in [5.74, 6) is 0. The van der Waals surface area contributed by atoms with Crippen LogP contribution < -0.4 is 15.6 Å². The number of anilines is 2. The van der Waals surface area contributed by atoms with Crippen LogP contribution in [-0.2, 0) is 10.0 Å². The van der Waals surface area contributed by atoms with Gasteiger partial charge in [-0.15, -0.1) is 4.83 Å². The fraction of sp³-hybridized carbons (Fsp3) is 0. The fourth-order valence-corrected chi connectivity index (χ4v) is 4.80. The Bertz CT molecular complexity index is 1160. The average Bonchev–Trinajstić information content (AvgIpc) is 2.70. The highest BCUT2D eigenvalue weighted by atomic mass is 79.9. The third-order valence-electron chi connectivity index (χ3n) is 4.16. The predicted octanol–water partition coefficient (Wildman–Crippen LogP) is 5.11. The molecule has 0 aliphatic carbocycles. The van der Waals surface area contributed by atoms with Crippen LogP contribution in [0.3, 0.4) is 0 Å². The van der Waals surface area contributed by atoms with E-state index in [4.69, 9.17) is 0 Å². The van der Waals surface area contributed by atoms with Crippen LogP contribution >= 0.6 is 27.7 Å². The van der Waals surface area contributed by atoms with Crippen LogP contribution in [0, 0.1) is 0 Å². The second-order valence-corrected chi connectivity index (χ2v) is 9.78. The number of halogens is 1. The number of fused-ring (bicyclic) bond motifs is 2. The topological polar surface area (TPSA) is 70.2 Å². The molecule has 0 saturated carbocycles. The van der Waals surface area contributed by atoms with Gasteiger partial charge in [-0.05, 0) is 48.5 Å². The van der Waals surface area contributed by atoms with Crippen LogP contribution in [0.25, 0.3) is 5.70 Å². The van der Waals surface area contributed by atoms with Gasteiger partial charge in [0, 0.05) is 25.5 Å². The second kappa shape index (κ2) is 7.63. The van der Waals surface area contributed by atoms with Crippen LogP contribution in [0.5, 0.6) is 0 Å². The third kappa shape index (κ3) is 3.95. The Kier molecular flexibility index (Phi) is 5.20. The van der Waals surface area contributed by atoms with Crippen molar-refractivity contribution in [1.82, 2.24) is 10.3 Å². The molecule has 8 heteroatoms. The van der Waals surface area contributed by atoms with Crippen molar-refractivity contribution in [2.75, 3.05) is 5.32 Å².